The van der Waals surface area contributed by atoms with E-state index in [1.807, 2.05) is 0 Å². The summed E-state index contributed by atoms with van der Waals surface area (Å²) in [5, 5.41) is 0. The van der Waals surface area contributed by atoms with E-state index in [2.05, 4.69) is 0 Å². The second-order valence-electron chi connectivity index (χ2n) is 6.45. The van der Waals surface area contributed by atoms with Crippen molar-refractivity contribution in [1.29, 1.82) is 0 Å². The zero-order valence-electron chi connectivity index (χ0n) is 14.4. The number of sulfonamides is 2. The van der Waals surface area contributed by atoms with Crippen LogP contribution in [0.4, 0.5) is 26.3 Å². The van der Waals surface area contributed by atoms with Gasteiger partial charge >= 0.3 is 31.1 Å². The number of hydrogen-bond donors (Lipinski definition) is 0. The molecule has 0 radical (unpaired) electrons. The Labute approximate surface area is 144 Å². The summed E-state index contributed by atoms with van der Waals surface area (Å²) in [6.07, 6.45) is 0. The molecule has 0 spiro atoms. The molecule has 0 aliphatic heterocycles. The maximum absolute atomic E-state index is 13.1. The lowest BCUT2D eigenvalue weighted by molar-refractivity contribution is -0.0511. The third-order valence-corrected chi connectivity index (χ3v) is 16.9. The molecular formula is C11H21F6NO4S2Si. The van der Waals surface area contributed by atoms with E-state index in [0.29, 0.717) is 0 Å². The van der Waals surface area contributed by atoms with Gasteiger partial charge in [-0.2, -0.15) is 26.3 Å². The topological polar surface area (TPSA) is 71.5 Å². The molecule has 0 aromatic rings. The fraction of sp³-hybridized carbons (Fsp3) is 1.00. The second kappa shape index (κ2) is 7.00. The van der Waals surface area contributed by atoms with Gasteiger partial charge < -0.3 is 0 Å². The van der Waals surface area contributed by atoms with Crippen LogP contribution >= 0.6 is 0 Å². The first-order valence-corrected chi connectivity index (χ1v) is 12.2. The smallest absolute Gasteiger partial charge is 0.202 e. The number of rotatable bonds is 6. The normalized spacial score (nSPS) is 15.7. The van der Waals surface area contributed by atoms with Gasteiger partial charge in [-0.05, 0) is 16.6 Å². The van der Waals surface area contributed by atoms with E-state index in [9.17, 15) is 43.2 Å². The predicted molar refractivity (Wildman–Crippen MR) is 82.8 cm³/mol. The van der Waals surface area contributed by atoms with E-state index >= 15 is 0 Å². The molecule has 0 heterocycles. The van der Waals surface area contributed by atoms with Crippen LogP contribution in [0.5, 0.6) is 0 Å². The molecule has 0 atom stereocenters. The number of alkyl halides is 6. The van der Waals surface area contributed by atoms with Crippen molar-refractivity contribution in [1.82, 2.24) is 3.38 Å². The fourth-order valence-corrected chi connectivity index (χ4v) is 18.3. The Hall–Kier alpha value is -0.343. The SMILES string of the molecule is CC(C)[Si](C(C)C)(C(C)C)N(S(=O)(=O)C(F)(F)F)S(=O)(=O)C(F)(F)F. The molecule has 0 N–H and O–H groups in total. The largest absolute Gasteiger partial charge is 0.512 e. The molecule has 0 rings (SSSR count). The summed E-state index contributed by atoms with van der Waals surface area (Å²) in [7, 11) is -18.0. The van der Waals surface area contributed by atoms with Crippen LogP contribution in [0.15, 0.2) is 0 Å². The minimum absolute atomic E-state index is 1.04. The standard InChI is InChI=1S/C11H21F6NO4S2Si/c1-7(2)25(8(3)4,9(5)6)18(23(19,20)10(12,13)14)24(21,22)11(15,16)17/h7-9H,1-6H3. The quantitative estimate of drug-likeness (QED) is 0.462. The van der Waals surface area contributed by atoms with E-state index in [0.717, 1.165) is 0 Å². The van der Waals surface area contributed by atoms with Gasteiger partial charge in [0, 0.05) is 0 Å². The summed E-state index contributed by atoms with van der Waals surface area (Å²) in [4.78, 5) is 0. The molecule has 0 unspecified atom stereocenters. The molecule has 0 saturated heterocycles. The highest BCUT2D eigenvalue weighted by Crippen LogP contribution is 2.51. The maximum atomic E-state index is 13.1. The lowest BCUT2D eigenvalue weighted by Crippen LogP contribution is -2.67. The van der Waals surface area contributed by atoms with Gasteiger partial charge in [0.1, 0.15) is 0 Å². The Morgan fingerprint density at radius 2 is 0.840 bits per heavy atom. The lowest BCUT2D eigenvalue weighted by Gasteiger charge is -2.48. The Kier molecular flexibility index (Phi) is 6.90. The Morgan fingerprint density at radius 3 is 0.960 bits per heavy atom. The first kappa shape index (κ1) is 24.7. The summed E-state index contributed by atoms with van der Waals surface area (Å²) < 4.78 is 125. The Bertz CT molecular complexity index is 617. The van der Waals surface area contributed by atoms with E-state index in [-0.39, 0.29) is 0 Å². The molecule has 0 amide bonds. The van der Waals surface area contributed by atoms with Gasteiger partial charge in [0.05, 0.1) is 0 Å². The van der Waals surface area contributed by atoms with Crippen molar-refractivity contribution in [2.75, 3.05) is 0 Å². The highest BCUT2D eigenvalue weighted by Gasteiger charge is 2.70. The van der Waals surface area contributed by atoms with Crippen LogP contribution in [0.3, 0.4) is 0 Å². The van der Waals surface area contributed by atoms with Crippen molar-refractivity contribution in [2.45, 2.75) is 69.2 Å². The molecule has 0 fully saturated rings. The first-order valence-electron chi connectivity index (χ1n) is 7.13. The molecule has 0 aliphatic rings. The average molecular weight is 438 g/mol. The van der Waals surface area contributed by atoms with E-state index in [4.69, 9.17) is 0 Å². The minimum Gasteiger partial charge on any atom is -0.202 e. The van der Waals surface area contributed by atoms with Crippen molar-refractivity contribution in [2.24, 2.45) is 0 Å². The lowest BCUT2D eigenvalue weighted by atomic mass is 10.5. The van der Waals surface area contributed by atoms with Crippen LogP contribution in [0.1, 0.15) is 41.5 Å². The maximum Gasteiger partial charge on any atom is 0.512 e. The molecule has 0 aliphatic carbocycles. The first-order chi connectivity index (χ1) is 10.7. The highest BCUT2D eigenvalue weighted by atomic mass is 32.3. The van der Waals surface area contributed by atoms with Gasteiger partial charge in [-0.1, -0.05) is 41.5 Å². The van der Waals surface area contributed by atoms with E-state index in [1.54, 1.807) is 0 Å². The van der Waals surface area contributed by atoms with Crippen molar-refractivity contribution in [3.8, 4) is 0 Å². The molecule has 0 aromatic heterocycles. The monoisotopic (exact) mass is 437 g/mol. The van der Waals surface area contributed by atoms with Crippen molar-refractivity contribution >= 4 is 28.3 Å². The highest BCUT2D eigenvalue weighted by molar-refractivity contribution is 8.06. The summed E-state index contributed by atoms with van der Waals surface area (Å²) in [5.41, 5.74) is -15.5. The summed E-state index contributed by atoms with van der Waals surface area (Å²) in [5.74, 6) is 0. The second-order valence-corrected chi connectivity index (χ2v) is 16.6. The van der Waals surface area contributed by atoms with Gasteiger partial charge in [0.2, 0.25) is 0 Å². The minimum atomic E-state index is -6.78. The van der Waals surface area contributed by atoms with Crippen LogP contribution in [0.2, 0.25) is 16.6 Å². The third-order valence-electron chi connectivity index (χ3n) is 4.11. The average Bonchev–Trinajstić information content (AvgIpc) is 2.30. The van der Waals surface area contributed by atoms with Crippen LogP contribution in [-0.2, 0) is 20.0 Å². The molecule has 0 aromatic carbocycles. The zero-order valence-corrected chi connectivity index (χ0v) is 17.0. The van der Waals surface area contributed by atoms with Gasteiger partial charge in [-0.25, -0.2) is 16.8 Å². The van der Waals surface area contributed by atoms with Crippen LogP contribution in [0, 0.1) is 0 Å². The number of hydrogen-bond acceptors (Lipinski definition) is 4. The molecule has 14 heteroatoms. The predicted octanol–water partition coefficient (Wildman–Crippen LogP) is 4.16. The molecule has 0 saturated carbocycles. The molecule has 5 nitrogen and oxygen atoms in total. The van der Waals surface area contributed by atoms with Crippen LogP contribution < -0.4 is 0 Å². The zero-order chi connectivity index (χ0) is 20.8. The third kappa shape index (κ3) is 3.85. The van der Waals surface area contributed by atoms with Gasteiger partial charge in [0.25, 0.3) is 0 Å². The molecular weight excluding hydrogens is 416 g/mol. The molecule has 25 heavy (non-hydrogen) atoms. The van der Waals surface area contributed by atoms with E-state index < -0.39 is 59.3 Å². The van der Waals surface area contributed by atoms with Crippen molar-refractivity contribution in [3.63, 3.8) is 0 Å². The Balaban J connectivity index is 7.39. The summed E-state index contributed by atoms with van der Waals surface area (Å²) >= 11 is 0. The summed E-state index contributed by atoms with van der Waals surface area (Å²) in [6.45, 7) is 7.40. The number of nitrogens with zero attached hydrogens (tertiary/aromatic N) is 1. The summed E-state index contributed by atoms with van der Waals surface area (Å²) in [6, 6.07) is 0. The van der Waals surface area contributed by atoms with Crippen LogP contribution in [0.25, 0.3) is 0 Å². The van der Waals surface area contributed by atoms with Crippen molar-refractivity contribution < 1.29 is 43.2 Å². The number of halogens is 6. The van der Waals surface area contributed by atoms with Gasteiger partial charge in [0.15, 0.2) is 8.24 Å². The fourth-order valence-electron chi connectivity index (χ4n) is 3.37. The molecule has 152 valence electrons. The molecule has 0 bridgehead atoms. The van der Waals surface area contributed by atoms with Crippen LogP contribution in [-0.4, -0.2) is 39.5 Å². The van der Waals surface area contributed by atoms with Crippen molar-refractivity contribution in [3.05, 3.63) is 0 Å². The van der Waals surface area contributed by atoms with E-state index in [1.165, 1.54) is 41.5 Å². The van der Waals surface area contributed by atoms with Gasteiger partial charge in [-0.3, -0.25) is 0 Å². The van der Waals surface area contributed by atoms with Gasteiger partial charge in [-0.15, -0.1) is 3.38 Å². The Morgan fingerprint density at radius 1 is 0.640 bits per heavy atom.